The van der Waals surface area contributed by atoms with E-state index in [4.69, 9.17) is 4.42 Å². The Morgan fingerprint density at radius 1 is 1.04 bits per heavy atom. The Balaban J connectivity index is 1.57. The monoisotopic (exact) mass is 367 g/mol. The molecule has 27 heavy (non-hydrogen) atoms. The highest BCUT2D eigenvalue weighted by molar-refractivity contribution is 5.94. The maximum atomic E-state index is 13.8. The van der Waals surface area contributed by atoms with Crippen molar-refractivity contribution in [3.05, 3.63) is 71.9 Å². The number of halogens is 1. The van der Waals surface area contributed by atoms with Gasteiger partial charge in [-0.15, -0.1) is 0 Å². The smallest absolute Gasteiger partial charge is 0.243 e. The standard InChI is InChI=1S/C20H18FN3O3/c1-13-17(24-20(27-13)15-9-5-6-10-16(15)21)11-18(25)22-12-19(26)23-14-7-3-2-4-8-14/h2-10H,11-12H2,1H3,(H,22,25)(H,23,26). The average molecular weight is 367 g/mol. The summed E-state index contributed by atoms with van der Waals surface area (Å²) < 4.78 is 19.3. The van der Waals surface area contributed by atoms with E-state index in [1.54, 1.807) is 49.4 Å². The van der Waals surface area contributed by atoms with Crippen LogP contribution in [0.2, 0.25) is 0 Å². The van der Waals surface area contributed by atoms with Gasteiger partial charge in [-0.2, -0.15) is 0 Å². The fourth-order valence-electron chi connectivity index (χ4n) is 2.46. The molecule has 2 N–H and O–H groups in total. The van der Waals surface area contributed by atoms with Crippen molar-refractivity contribution in [2.24, 2.45) is 0 Å². The van der Waals surface area contributed by atoms with E-state index in [9.17, 15) is 14.0 Å². The van der Waals surface area contributed by atoms with Crippen LogP contribution in [-0.4, -0.2) is 23.3 Å². The molecule has 0 aliphatic carbocycles. The fraction of sp³-hybridized carbons (Fsp3) is 0.150. The van der Waals surface area contributed by atoms with E-state index in [-0.39, 0.29) is 36.2 Å². The molecule has 0 saturated heterocycles. The molecule has 1 aromatic heterocycles. The van der Waals surface area contributed by atoms with E-state index in [1.165, 1.54) is 6.07 Å². The van der Waals surface area contributed by atoms with Gasteiger partial charge in [-0.25, -0.2) is 9.37 Å². The molecule has 0 aliphatic heterocycles. The molecule has 3 aromatic rings. The van der Waals surface area contributed by atoms with Gasteiger partial charge in [0.1, 0.15) is 11.6 Å². The first-order chi connectivity index (χ1) is 13.0. The maximum absolute atomic E-state index is 13.8. The first-order valence-electron chi connectivity index (χ1n) is 8.35. The van der Waals surface area contributed by atoms with Gasteiger partial charge in [0.15, 0.2) is 0 Å². The minimum Gasteiger partial charge on any atom is -0.441 e. The number of oxazole rings is 1. The van der Waals surface area contributed by atoms with Gasteiger partial charge in [-0.05, 0) is 31.2 Å². The average Bonchev–Trinajstić information content (AvgIpc) is 3.01. The van der Waals surface area contributed by atoms with Crippen LogP contribution in [0.1, 0.15) is 11.5 Å². The van der Waals surface area contributed by atoms with Crippen molar-refractivity contribution in [1.82, 2.24) is 10.3 Å². The van der Waals surface area contributed by atoms with Crippen LogP contribution in [0, 0.1) is 12.7 Å². The number of benzene rings is 2. The third-order valence-electron chi connectivity index (χ3n) is 3.83. The van der Waals surface area contributed by atoms with Crippen molar-refractivity contribution in [3.8, 4) is 11.5 Å². The second kappa shape index (κ2) is 8.27. The van der Waals surface area contributed by atoms with Gasteiger partial charge in [-0.3, -0.25) is 9.59 Å². The van der Waals surface area contributed by atoms with E-state index in [0.29, 0.717) is 17.1 Å². The summed E-state index contributed by atoms with van der Waals surface area (Å²) in [6.45, 7) is 1.49. The molecule has 2 amide bonds. The van der Waals surface area contributed by atoms with E-state index in [2.05, 4.69) is 15.6 Å². The Morgan fingerprint density at radius 3 is 2.48 bits per heavy atom. The highest BCUT2D eigenvalue weighted by atomic mass is 19.1. The Hall–Kier alpha value is -3.48. The summed E-state index contributed by atoms with van der Waals surface area (Å²) in [5.41, 5.74) is 1.28. The van der Waals surface area contributed by atoms with Gasteiger partial charge in [0.25, 0.3) is 0 Å². The number of nitrogens with one attached hydrogen (secondary N) is 2. The van der Waals surface area contributed by atoms with Crippen molar-refractivity contribution in [1.29, 1.82) is 0 Å². The largest absolute Gasteiger partial charge is 0.441 e. The normalized spacial score (nSPS) is 10.4. The number of nitrogens with zero attached hydrogens (tertiary/aromatic N) is 1. The predicted octanol–water partition coefficient (Wildman–Crippen LogP) is 3.09. The number of carbonyl (C=O) groups is 2. The summed E-state index contributed by atoms with van der Waals surface area (Å²) in [5, 5.41) is 5.21. The molecule has 2 aromatic carbocycles. The number of para-hydroxylation sites is 1. The van der Waals surface area contributed by atoms with Crippen LogP contribution >= 0.6 is 0 Å². The first kappa shape index (κ1) is 18.3. The first-order valence-corrected chi connectivity index (χ1v) is 8.35. The molecule has 7 heteroatoms. The molecule has 1 heterocycles. The van der Waals surface area contributed by atoms with Crippen LogP contribution in [0.25, 0.3) is 11.5 Å². The maximum Gasteiger partial charge on any atom is 0.243 e. The number of hydrogen-bond acceptors (Lipinski definition) is 4. The number of amides is 2. The van der Waals surface area contributed by atoms with Crippen LogP contribution in [0.4, 0.5) is 10.1 Å². The lowest BCUT2D eigenvalue weighted by Gasteiger charge is -2.06. The fourth-order valence-corrected chi connectivity index (χ4v) is 2.46. The van der Waals surface area contributed by atoms with Gasteiger partial charge >= 0.3 is 0 Å². The molecule has 0 radical (unpaired) electrons. The number of aromatic nitrogens is 1. The van der Waals surface area contributed by atoms with E-state index < -0.39 is 5.82 Å². The Bertz CT molecular complexity index is 954. The SMILES string of the molecule is Cc1oc(-c2ccccc2F)nc1CC(=O)NCC(=O)Nc1ccccc1. The molecule has 0 aliphatic rings. The van der Waals surface area contributed by atoms with Gasteiger partial charge in [-0.1, -0.05) is 30.3 Å². The summed E-state index contributed by atoms with van der Waals surface area (Å²) in [6, 6.07) is 15.1. The lowest BCUT2D eigenvalue weighted by atomic mass is 10.2. The van der Waals surface area contributed by atoms with Gasteiger partial charge < -0.3 is 15.1 Å². The van der Waals surface area contributed by atoms with Crippen LogP contribution < -0.4 is 10.6 Å². The van der Waals surface area contributed by atoms with E-state index in [1.807, 2.05) is 6.07 Å². The molecular weight excluding hydrogens is 349 g/mol. The zero-order chi connectivity index (χ0) is 19.2. The van der Waals surface area contributed by atoms with Gasteiger partial charge in [0, 0.05) is 5.69 Å². The molecule has 0 atom stereocenters. The quantitative estimate of drug-likeness (QED) is 0.701. The molecule has 0 unspecified atom stereocenters. The summed E-state index contributed by atoms with van der Waals surface area (Å²) in [4.78, 5) is 28.2. The van der Waals surface area contributed by atoms with Gasteiger partial charge in [0.2, 0.25) is 17.7 Å². The Labute approximate surface area is 155 Å². The molecule has 0 saturated carbocycles. The lowest BCUT2D eigenvalue weighted by Crippen LogP contribution is -2.33. The highest BCUT2D eigenvalue weighted by Gasteiger charge is 2.17. The van der Waals surface area contributed by atoms with Crippen LogP contribution in [0.3, 0.4) is 0 Å². The predicted molar refractivity (Wildman–Crippen MR) is 98.4 cm³/mol. The highest BCUT2D eigenvalue weighted by Crippen LogP contribution is 2.24. The third-order valence-corrected chi connectivity index (χ3v) is 3.83. The van der Waals surface area contributed by atoms with E-state index in [0.717, 1.165) is 0 Å². The summed E-state index contributed by atoms with van der Waals surface area (Å²) in [5.74, 6) is -0.618. The molecule has 138 valence electrons. The summed E-state index contributed by atoms with van der Waals surface area (Å²) in [7, 11) is 0. The minimum absolute atomic E-state index is 0.0671. The Kier molecular flexibility index (Phi) is 5.61. The number of hydrogen-bond donors (Lipinski definition) is 2. The van der Waals surface area contributed by atoms with Crippen LogP contribution in [0.15, 0.2) is 59.0 Å². The van der Waals surface area contributed by atoms with Crippen LogP contribution in [0.5, 0.6) is 0 Å². The lowest BCUT2D eigenvalue weighted by molar-refractivity contribution is -0.123. The van der Waals surface area contributed by atoms with Crippen molar-refractivity contribution >= 4 is 17.5 Å². The van der Waals surface area contributed by atoms with Crippen molar-refractivity contribution in [2.75, 3.05) is 11.9 Å². The molecular formula is C20H18FN3O3. The van der Waals surface area contributed by atoms with E-state index >= 15 is 0 Å². The second-order valence-electron chi connectivity index (χ2n) is 5.87. The molecule has 0 spiro atoms. The zero-order valence-corrected chi connectivity index (χ0v) is 14.7. The summed E-state index contributed by atoms with van der Waals surface area (Å²) in [6.07, 6.45) is -0.0671. The third kappa shape index (κ3) is 4.78. The summed E-state index contributed by atoms with van der Waals surface area (Å²) >= 11 is 0. The molecule has 0 bridgehead atoms. The minimum atomic E-state index is -0.452. The molecule has 3 rings (SSSR count). The van der Waals surface area contributed by atoms with Crippen LogP contribution in [-0.2, 0) is 16.0 Å². The number of rotatable bonds is 6. The van der Waals surface area contributed by atoms with Crippen molar-refractivity contribution in [2.45, 2.75) is 13.3 Å². The molecule has 6 nitrogen and oxygen atoms in total. The zero-order valence-electron chi connectivity index (χ0n) is 14.7. The van der Waals surface area contributed by atoms with Crippen molar-refractivity contribution < 1.29 is 18.4 Å². The topological polar surface area (TPSA) is 84.2 Å². The Morgan fingerprint density at radius 2 is 1.74 bits per heavy atom. The van der Waals surface area contributed by atoms with Gasteiger partial charge in [0.05, 0.1) is 24.2 Å². The second-order valence-corrected chi connectivity index (χ2v) is 5.87. The number of carbonyl (C=O) groups excluding carboxylic acids is 2. The molecule has 0 fully saturated rings. The number of anilines is 1. The number of aryl methyl sites for hydroxylation is 1. The van der Waals surface area contributed by atoms with Crippen molar-refractivity contribution in [3.63, 3.8) is 0 Å².